The molecule has 0 heterocycles. The van der Waals surface area contributed by atoms with Crippen LogP contribution in [0.25, 0.3) is 0 Å². The summed E-state index contributed by atoms with van der Waals surface area (Å²) in [4.78, 5) is 11.7. The number of nitrogens with two attached hydrogens (primary N) is 1. The quantitative estimate of drug-likeness (QED) is 0.737. The molecule has 2 fully saturated rings. The van der Waals surface area contributed by atoms with Gasteiger partial charge in [-0.1, -0.05) is 19.8 Å². The molecular formula is C12H22N2O. The van der Waals surface area contributed by atoms with E-state index in [4.69, 9.17) is 5.73 Å². The average Bonchev–Trinajstić information content (AvgIpc) is 2.79. The fourth-order valence-electron chi connectivity index (χ4n) is 3.15. The number of rotatable bonds is 4. The molecule has 2 bridgehead atoms. The highest BCUT2D eigenvalue weighted by atomic mass is 16.2. The molecule has 3 heteroatoms. The predicted molar refractivity (Wildman–Crippen MR) is 60.3 cm³/mol. The number of amides is 1. The maximum absolute atomic E-state index is 11.7. The lowest BCUT2D eigenvalue weighted by Gasteiger charge is -2.24. The van der Waals surface area contributed by atoms with Crippen molar-refractivity contribution in [3.05, 3.63) is 0 Å². The second-order valence-corrected chi connectivity index (χ2v) is 5.19. The van der Waals surface area contributed by atoms with Crippen LogP contribution in [-0.2, 0) is 4.79 Å². The minimum absolute atomic E-state index is 0.0643. The van der Waals surface area contributed by atoms with Crippen LogP contribution < -0.4 is 11.1 Å². The van der Waals surface area contributed by atoms with E-state index in [2.05, 4.69) is 12.2 Å². The number of hydrogen-bond acceptors (Lipinski definition) is 2. The van der Waals surface area contributed by atoms with Gasteiger partial charge >= 0.3 is 0 Å². The molecule has 2 rings (SSSR count). The highest BCUT2D eigenvalue weighted by Gasteiger charge is 2.40. The zero-order valence-corrected chi connectivity index (χ0v) is 9.54. The summed E-state index contributed by atoms with van der Waals surface area (Å²) in [5.74, 6) is 1.69. The second-order valence-electron chi connectivity index (χ2n) is 5.19. The molecule has 15 heavy (non-hydrogen) atoms. The molecular weight excluding hydrogens is 188 g/mol. The van der Waals surface area contributed by atoms with Crippen LogP contribution in [0.1, 0.15) is 45.4 Å². The van der Waals surface area contributed by atoms with Crippen LogP contribution in [0.2, 0.25) is 0 Å². The topological polar surface area (TPSA) is 55.1 Å². The smallest absolute Gasteiger partial charge is 0.237 e. The van der Waals surface area contributed by atoms with E-state index in [0.717, 1.165) is 24.7 Å². The molecule has 0 aromatic heterocycles. The van der Waals surface area contributed by atoms with Crippen molar-refractivity contribution in [3.63, 3.8) is 0 Å². The van der Waals surface area contributed by atoms with E-state index < -0.39 is 0 Å². The normalized spacial score (nSPS) is 35.5. The first-order valence-corrected chi connectivity index (χ1v) is 6.26. The van der Waals surface area contributed by atoms with E-state index in [1.807, 2.05) is 0 Å². The van der Waals surface area contributed by atoms with E-state index in [-0.39, 0.29) is 11.9 Å². The van der Waals surface area contributed by atoms with E-state index in [1.54, 1.807) is 0 Å². The van der Waals surface area contributed by atoms with Crippen molar-refractivity contribution >= 4 is 5.91 Å². The minimum atomic E-state index is -0.297. The zero-order chi connectivity index (χ0) is 10.8. The second kappa shape index (κ2) is 4.52. The summed E-state index contributed by atoms with van der Waals surface area (Å²) in [5.41, 5.74) is 5.79. The Balaban J connectivity index is 1.79. The Morgan fingerprint density at radius 2 is 2.27 bits per heavy atom. The van der Waals surface area contributed by atoms with Crippen molar-refractivity contribution in [2.24, 2.45) is 17.6 Å². The first kappa shape index (κ1) is 10.9. The predicted octanol–water partition coefficient (Wildman–Crippen LogP) is 1.42. The van der Waals surface area contributed by atoms with E-state index in [9.17, 15) is 4.79 Å². The van der Waals surface area contributed by atoms with Crippen LogP contribution >= 0.6 is 0 Å². The van der Waals surface area contributed by atoms with Crippen LogP contribution in [0.15, 0.2) is 0 Å². The van der Waals surface area contributed by atoms with Gasteiger partial charge in [-0.3, -0.25) is 4.79 Å². The summed E-state index contributed by atoms with van der Waals surface area (Å²) < 4.78 is 0. The molecule has 0 radical (unpaired) electrons. The van der Waals surface area contributed by atoms with Gasteiger partial charge in [-0.15, -0.1) is 0 Å². The molecule has 0 aromatic rings. The van der Waals surface area contributed by atoms with E-state index >= 15 is 0 Å². The van der Waals surface area contributed by atoms with Gasteiger partial charge in [0, 0.05) is 6.04 Å². The fourth-order valence-corrected chi connectivity index (χ4v) is 3.15. The Kier molecular flexibility index (Phi) is 3.29. The molecule has 2 saturated carbocycles. The van der Waals surface area contributed by atoms with Gasteiger partial charge in [0.05, 0.1) is 6.04 Å². The highest BCUT2D eigenvalue weighted by molar-refractivity contribution is 5.81. The Labute approximate surface area is 91.8 Å². The van der Waals surface area contributed by atoms with Crippen molar-refractivity contribution in [2.75, 3.05) is 0 Å². The summed E-state index contributed by atoms with van der Waals surface area (Å²) in [5, 5.41) is 3.13. The average molecular weight is 210 g/mol. The molecule has 2 aliphatic rings. The lowest BCUT2D eigenvalue weighted by molar-refractivity contribution is -0.123. The summed E-state index contributed by atoms with van der Waals surface area (Å²) in [7, 11) is 0. The SMILES string of the molecule is CCC[C@@H](N)C(=O)NC1CC2CCC1C2. The van der Waals surface area contributed by atoms with E-state index in [1.165, 1.54) is 25.7 Å². The first-order chi connectivity index (χ1) is 7.20. The third-order valence-electron chi connectivity index (χ3n) is 4.00. The standard InChI is InChI=1S/C12H22N2O/c1-2-3-10(13)12(15)14-11-7-8-4-5-9(11)6-8/h8-11H,2-7,13H2,1H3,(H,14,15)/t8?,9?,10-,11?/m1/s1. The summed E-state index contributed by atoms with van der Waals surface area (Å²) in [6.07, 6.45) is 6.97. The summed E-state index contributed by atoms with van der Waals surface area (Å²) >= 11 is 0. The van der Waals surface area contributed by atoms with Gasteiger partial charge in [-0.2, -0.15) is 0 Å². The maximum atomic E-state index is 11.7. The molecule has 0 aromatic carbocycles. The molecule has 0 saturated heterocycles. The number of carbonyl (C=O) groups is 1. The van der Waals surface area contributed by atoms with Crippen molar-refractivity contribution < 1.29 is 4.79 Å². The van der Waals surface area contributed by atoms with Gasteiger partial charge in [0.25, 0.3) is 0 Å². The third kappa shape index (κ3) is 2.33. The van der Waals surface area contributed by atoms with Crippen LogP contribution in [0.4, 0.5) is 0 Å². The molecule has 86 valence electrons. The Hall–Kier alpha value is -0.570. The monoisotopic (exact) mass is 210 g/mol. The third-order valence-corrected chi connectivity index (χ3v) is 4.00. The molecule has 3 N–H and O–H groups in total. The molecule has 0 aliphatic heterocycles. The fraction of sp³-hybridized carbons (Fsp3) is 0.917. The molecule has 4 atom stereocenters. The first-order valence-electron chi connectivity index (χ1n) is 6.26. The van der Waals surface area contributed by atoms with Crippen LogP contribution in [0, 0.1) is 11.8 Å². The Morgan fingerprint density at radius 1 is 1.47 bits per heavy atom. The molecule has 0 spiro atoms. The van der Waals surface area contributed by atoms with Gasteiger partial charge in [0.2, 0.25) is 5.91 Å². The highest BCUT2D eigenvalue weighted by Crippen LogP contribution is 2.44. The molecule has 1 amide bonds. The van der Waals surface area contributed by atoms with Crippen LogP contribution in [0.3, 0.4) is 0 Å². The van der Waals surface area contributed by atoms with Gasteiger partial charge in [0.15, 0.2) is 0 Å². The van der Waals surface area contributed by atoms with Gasteiger partial charge in [-0.25, -0.2) is 0 Å². The largest absolute Gasteiger partial charge is 0.352 e. The number of nitrogens with one attached hydrogen (secondary N) is 1. The van der Waals surface area contributed by atoms with Crippen molar-refractivity contribution in [3.8, 4) is 0 Å². The lowest BCUT2D eigenvalue weighted by atomic mass is 9.95. The van der Waals surface area contributed by atoms with Crippen molar-refractivity contribution in [1.82, 2.24) is 5.32 Å². The Morgan fingerprint density at radius 3 is 2.80 bits per heavy atom. The Bertz CT molecular complexity index is 242. The van der Waals surface area contributed by atoms with Gasteiger partial charge < -0.3 is 11.1 Å². The van der Waals surface area contributed by atoms with Crippen LogP contribution in [0.5, 0.6) is 0 Å². The summed E-state index contributed by atoms with van der Waals surface area (Å²) in [6, 6.07) is 0.133. The lowest BCUT2D eigenvalue weighted by Crippen LogP contribution is -2.47. The van der Waals surface area contributed by atoms with Crippen molar-refractivity contribution in [1.29, 1.82) is 0 Å². The summed E-state index contributed by atoms with van der Waals surface area (Å²) in [6.45, 7) is 2.06. The minimum Gasteiger partial charge on any atom is -0.352 e. The number of carbonyl (C=O) groups excluding carboxylic acids is 1. The number of hydrogen-bond donors (Lipinski definition) is 2. The molecule has 3 unspecified atom stereocenters. The molecule has 2 aliphatic carbocycles. The van der Waals surface area contributed by atoms with Gasteiger partial charge in [-0.05, 0) is 37.5 Å². The van der Waals surface area contributed by atoms with Crippen molar-refractivity contribution in [2.45, 2.75) is 57.5 Å². The molecule has 3 nitrogen and oxygen atoms in total. The maximum Gasteiger partial charge on any atom is 0.237 e. The zero-order valence-electron chi connectivity index (χ0n) is 9.54. The van der Waals surface area contributed by atoms with Gasteiger partial charge in [0.1, 0.15) is 0 Å². The van der Waals surface area contributed by atoms with E-state index in [0.29, 0.717) is 6.04 Å². The van der Waals surface area contributed by atoms with Crippen LogP contribution in [-0.4, -0.2) is 18.0 Å². The number of fused-ring (bicyclic) bond motifs is 2.